The van der Waals surface area contributed by atoms with E-state index in [2.05, 4.69) is 4.98 Å². The zero-order valence-corrected chi connectivity index (χ0v) is 16.7. The van der Waals surface area contributed by atoms with Crippen LogP contribution in [0.2, 0.25) is 5.15 Å². The zero-order valence-electron chi connectivity index (χ0n) is 15.1. The largest absolute Gasteiger partial charge is 0.444 e. The SMILES string of the molecule is CCN(C1CN(C(=O)OC(C)(C)C)C1)S(=O)(=O)c1cnc(Cl)c(C)c1. The molecule has 7 nitrogen and oxygen atoms in total. The molecule has 0 aliphatic carbocycles. The molecule has 0 aromatic carbocycles. The number of amides is 1. The number of nitrogens with zero attached hydrogens (tertiary/aromatic N) is 3. The van der Waals surface area contributed by atoms with Crippen LogP contribution >= 0.6 is 11.6 Å². The first-order chi connectivity index (χ1) is 11.5. The highest BCUT2D eigenvalue weighted by molar-refractivity contribution is 7.89. The van der Waals surface area contributed by atoms with E-state index in [0.29, 0.717) is 25.2 Å². The Bertz CT molecular complexity index is 755. The summed E-state index contributed by atoms with van der Waals surface area (Å²) in [5.74, 6) is 0. The van der Waals surface area contributed by atoms with E-state index in [0.717, 1.165) is 0 Å². The molecule has 1 aromatic heterocycles. The number of hydrogen-bond acceptors (Lipinski definition) is 5. The maximum Gasteiger partial charge on any atom is 0.410 e. The lowest BCUT2D eigenvalue weighted by molar-refractivity contribution is -0.00300. The van der Waals surface area contributed by atoms with Crippen molar-refractivity contribution in [3.8, 4) is 0 Å². The third kappa shape index (κ3) is 4.43. The molecule has 1 aliphatic heterocycles. The van der Waals surface area contributed by atoms with E-state index in [-0.39, 0.29) is 16.1 Å². The van der Waals surface area contributed by atoms with Gasteiger partial charge in [-0.2, -0.15) is 4.31 Å². The molecule has 0 radical (unpaired) electrons. The highest BCUT2D eigenvalue weighted by Gasteiger charge is 2.41. The van der Waals surface area contributed by atoms with Crippen molar-refractivity contribution < 1.29 is 17.9 Å². The number of rotatable bonds is 4. The number of pyridine rings is 1. The van der Waals surface area contributed by atoms with Crippen LogP contribution in [0.1, 0.15) is 33.3 Å². The Kier molecular flexibility index (Phi) is 5.65. The number of carbonyl (C=O) groups excluding carboxylic acids is 1. The van der Waals surface area contributed by atoms with Crippen LogP contribution in [0.15, 0.2) is 17.2 Å². The molecule has 1 saturated heterocycles. The second-order valence-electron chi connectivity index (χ2n) is 7.03. The Morgan fingerprint density at radius 3 is 2.52 bits per heavy atom. The van der Waals surface area contributed by atoms with Gasteiger partial charge in [0.25, 0.3) is 0 Å². The van der Waals surface area contributed by atoms with Crippen LogP contribution in [0.5, 0.6) is 0 Å². The number of carbonyl (C=O) groups is 1. The highest BCUT2D eigenvalue weighted by Crippen LogP contribution is 2.26. The molecule has 1 aliphatic rings. The molecule has 2 heterocycles. The van der Waals surface area contributed by atoms with Crippen molar-refractivity contribution in [1.29, 1.82) is 0 Å². The number of aryl methyl sites for hydroxylation is 1. The quantitative estimate of drug-likeness (QED) is 0.739. The average molecular weight is 390 g/mol. The lowest BCUT2D eigenvalue weighted by atomic mass is 10.1. The van der Waals surface area contributed by atoms with Crippen molar-refractivity contribution in [3.05, 3.63) is 23.0 Å². The summed E-state index contributed by atoms with van der Waals surface area (Å²) in [5.41, 5.74) is 0.0216. The first-order valence-corrected chi connectivity index (χ1v) is 9.89. The molecule has 0 N–H and O–H groups in total. The fraction of sp³-hybridized carbons (Fsp3) is 0.625. The van der Waals surface area contributed by atoms with Gasteiger partial charge in [0.05, 0.1) is 6.04 Å². The van der Waals surface area contributed by atoms with Crippen LogP contribution in [0.3, 0.4) is 0 Å². The van der Waals surface area contributed by atoms with Crippen molar-refractivity contribution in [2.75, 3.05) is 19.6 Å². The van der Waals surface area contributed by atoms with Crippen molar-refractivity contribution in [3.63, 3.8) is 0 Å². The molecule has 0 saturated carbocycles. The van der Waals surface area contributed by atoms with E-state index in [9.17, 15) is 13.2 Å². The molecule has 0 spiro atoms. The molecule has 0 unspecified atom stereocenters. The third-order valence-electron chi connectivity index (χ3n) is 3.83. The summed E-state index contributed by atoms with van der Waals surface area (Å²) in [6.07, 6.45) is 0.832. The Balaban J connectivity index is 2.10. The predicted molar refractivity (Wildman–Crippen MR) is 95.1 cm³/mol. The minimum absolute atomic E-state index is 0.104. The lowest BCUT2D eigenvalue weighted by Crippen LogP contribution is -2.62. The number of likely N-dealkylation sites (tertiary alicyclic amines) is 1. The second-order valence-corrected chi connectivity index (χ2v) is 9.27. The number of ether oxygens (including phenoxy) is 1. The van der Waals surface area contributed by atoms with E-state index >= 15 is 0 Å². The monoisotopic (exact) mass is 389 g/mol. The molecular weight excluding hydrogens is 366 g/mol. The molecule has 25 heavy (non-hydrogen) atoms. The van der Waals surface area contributed by atoms with E-state index in [4.69, 9.17) is 16.3 Å². The second kappa shape index (κ2) is 7.09. The molecule has 1 fully saturated rings. The topological polar surface area (TPSA) is 79.8 Å². The summed E-state index contributed by atoms with van der Waals surface area (Å²) in [4.78, 5) is 17.5. The predicted octanol–water partition coefficient (Wildman–Crippen LogP) is 2.67. The first kappa shape index (κ1) is 19.9. The van der Waals surface area contributed by atoms with Crippen LogP contribution in [-0.2, 0) is 14.8 Å². The van der Waals surface area contributed by atoms with Crippen molar-refractivity contribution in [2.24, 2.45) is 0 Å². The normalized spacial score (nSPS) is 16.0. The smallest absolute Gasteiger partial charge is 0.410 e. The minimum Gasteiger partial charge on any atom is -0.444 e. The standard InChI is InChI=1S/C16H24ClN3O4S/c1-6-20(12-9-19(10-12)15(21)24-16(3,4)5)25(22,23)13-7-11(2)14(17)18-8-13/h7-8,12H,6,9-10H2,1-5H3. The number of likely N-dealkylation sites (N-methyl/N-ethyl adjacent to an activating group) is 1. The fourth-order valence-electron chi connectivity index (χ4n) is 2.55. The third-order valence-corrected chi connectivity index (χ3v) is 6.22. The van der Waals surface area contributed by atoms with Gasteiger partial charge >= 0.3 is 6.09 Å². The van der Waals surface area contributed by atoms with Gasteiger partial charge < -0.3 is 9.64 Å². The van der Waals surface area contributed by atoms with Gasteiger partial charge in [0, 0.05) is 25.8 Å². The van der Waals surface area contributed by atoms with Crippen LogP contribution < -0.4 is 0 Å². The summed E-state index contributed by atoms with van der Waals surface area (Å²) in [6.45, 7) is 9.77. The first-order valence-electron chi connectivity index (χ1n) is 8.07. The summed E-state index contributed by atoms with van der Waals surface area (Å²) in [6, 6.07) is 1.23. The van der Waals surface area contributed by atoms with Gasteiger partial charge in [0.1, 0.15) is 15.6 Å². The molecule has 0 bridgehead atoms. The summed E-state index contributed by atoms with van der Waals surface area (Å²) in [7, 11) is -3.70. The molecule has 2 rings (SSSR count). The lowest BCUT2D eigenvalue weighted by Gasteiger charge is -2.44. The van der Waals surface area contributed by atoms with Crippen LogP contribution in [0.25, 0.3) is 0 Å². The van der Waals surface area contributed by atoms with Gasteiger partial charge in [0.15, 0.2) is 0 Å². The van der Waals surface area contributed by atoms with Crippen molar-refractivity contribution in [2.45, 2.75) is 51.2 Å². The summed E-state index contributed by atoms with van der Waals surface area (Å²) < 4.78 is 32.4. The molecule has 1 aromatic rings. The van der Waals surface area contributed by atoms with Gasteiger partial charge in [-0.05, 0) is 39.3 Å². The summed E-state index contributed by atoms with van der Waals surface area (Å²) in [5, 5.41) is 0.279. The van der Waals surface area contributed by atoms with Gasteiger partial charge in [-0.15, -0.1) is 0 Å². The molecule has 140 valence electrons. The Hall–Kier alpha value is -1.38. The Morgan fingerprint density at radius 1 is 1.44 bits per heavy atom. The van der Waals surface area contributed by atoms with Gasteiger partial charge in [0.2, 0.25) is 10.0 Å². The van der Waals surface area contributed by atoms with Crippen LogP contribution in [0, 0.1) is 6.92 Å². The maximum atomic E-state index is 12.9. The van der Waals surface area contributed by atoms with Gasteiger partial charge in [-0.25, -0.2) is 18.2 Å². The van der Waals surface area contributed by atoms with E-state index in [1.165, 1.54) is 21.5 Å². The Morgan fingerprint density at radius 2 is 2.04 bits per heavy atom. The van der Waals surface area contributed by atoms with Crippen LogP contribution in [0.4, 0.5) is 4.79 Å². The van der Waals surface area contributed by atoms with Crippen LogP contribution in [-0.4, -0.2) is 60.0 Å². The summed E-state index contributed by atoms with van der Waals surface area (Å²) >= 11 is 5.87. The fourth-order valence-corrected chi connectivity index (χ4v) is 4.30. The zero-order chi connectivity index (χ0) is 19.0. The number of aromatic nitrogens is 1. The van der Waals surface area contributed by atoms with Crippen molar-refractivity contribution >= 4 is 27.7 Å². The molecule has 1 amide bonds. The van der Waals surface area contributed by atoms with Gasteiger partial charge in [-0.3, -0.25) is 0 Å². The molecule has 9 heteroatoms. The van der Waals surface area contributed by atoms with Crippen molar-refractivity contribution in [1.82, 2.24) is 14.2 Å². The number of halogens is 1. The van der Waals surface area contributed by atoms with E-state index in [1.54, 1.807) is 34.6 Å². The van der Waals surface area contributed by atoms with Gasteiger partial charge in [-0.1, -0.05) is 18.5 Å². The molecular formula is C16H24ClN3O4S. The highest BCUT2D eigenvalue weighted by atomic mass is 35.5. The van der Waals surface area contributed by atoms with E-state index in [1.807, 2.05) is 0 Å². The number of hydrogen-bond donors (Lipinski definition) is 0. The molecule has 0 atom stereocenters. The average Bonchev–Trinajstić information content (AvgIpc) is 2.42. The van der Waals surface area contributed by atoms with E-state index < -0.39 is 21.7 Å². The maximum absolute atomic E-state index is 12.9. The Labute approximate surface area is 154 Å². The number of sulfonamides is 1. The minimum atomic E-state index is -3.70.